The summed E-state index contributed by atoms with van der Waals surface area (Å²) < 4.78 is 5.46. The van der Waals surface area contributed by atoms with E-state index in [1.807, 2.05) is 20.8 Å². The van der Waals surface area contributed by atoms with Crippen LogP contribution < -0.4 is 5.32 Å². The van der Waals surface area contributed by atoms with Gasteiger partial charge in [-0.25, -0.2) is 4.98 Å². The minimum absolute atomic E-state index is 0.106. The van der Waals surface area contributed by atoms with Crippen LogP contribution in [0.1, 0.15) is 18.4 Å². The summed E-state index contributed by atoms with van der Waals surface area (Å²) in [7, 11) is 0. The lowest BCUT2D eigenvalue weighted by atomic mass is 10.3. The molecule has 0 spiro atoms. The first-order valence-corrected chi connectivity index (χ1v) is 7.38. The smallest absolute Gasteiger partial charge is 0.256 e. The van der Waals surface area contributed by atoms with Crippen molar-refractivity contribution in [1.82, 2.24) is 4.98 Å². The van der Waals surface area contributed by atoms with Crippen LogP contribution in [0.5, 0.6) is 0 Å². The number of rotatable bonds is 4. The van der Waals surface area contributed by atoms with E-state index in [2.05, 4.69) is 10.3 Å². The number of aryl methyl sites for hydroxylation is 2. The molecule has 1 amide bonds. The molecule has 0 aliphatic rings. The molecule has 0 aliphatic heterocycles. The summed E-state index contributed by atoms with van der Waals surface area (Å²) in [5.41, 5.74) is 1.56. The van der Waals surface area contributed by atoms with Crippen molar-refractivity contribution in [3.8, 4) is 0 Å². The molecule has 0 saturated heterocycles. The molecule has 0 bridgehead atoms. The van der Waals surface area contributed by atoms with Gasteiger partial charge in [-0.05, 0) is 45.0 Å². The van der Waals surface area contributed by atoms with Gasteiger partial charge in [-0.3, -0.25) is 4.79 Å². The number of nitrogens with one attached hydrogen (secondary N) is 1. The van der Waals surface area contributed by atoms with Gasteiger partial charge in [0.25, 0.3) is 5.22 Å². The molecule has 4 nitrogen and oxygen atoms in total. The number of nitrogens with zero attached hydrogens (tertiary/aromatic N) is 1. The summed E-state index contributed by atoms with van der Waals surface area (Å²) in [6, 6.07) is 6.99. The van der Waals surface area contributed by atoms with E-state index in [1.54, 1.807) is 24.3 Å². The van der Waals surface area contributed by atoms with Crippen LogP contribution in [-0.4, -0.2) is 16.1 Å². The van der Waals surface area contributed by atoms with Crippen LogP contribution in [0.25, 0.3) is 0 Å². The molecule has 106 valence electrons. The van der Waals surface area contributed by atoms with E-state index in [0.717, 1.165) is 11.5 Å². The molecule has 6 heteroatoms. The van der Waals surface area contributed by atoms with Gasteiger partial charge in [-0.1, -0.05) is 23.4 Å². The fourth-order valence-electron chi connectivity index (χ4n) is 1.48. The lowest BCUT2D eigenvalue weighted by molar-refractivity contribution is -0.115. The largest absolute Gasteiger partial charge is 0.437 e. The van der Waals surface area contributed by atoms with Crippen molar-refractivity contribution in [2.75, 3.05) is 5.32 Å². The van der Waals surface area contributed by atoms with E-state index < -0.39 is 0 Å². The topological polar surface area (TPSA) is 55.1 Å². The highest BCUT2D eigenvalue weighted by Crippen LogP contribution is 2.25. The van der Waals surface area contributed by atoms with E-state index >= 15 is 0 Å². The van der Waals surface area contributed by atoms with Gasteiger partial charge in [0.1, 0.15) is 5.76 Å². The number of carbonyl (C=O) groups is 1. The standard InChI is InChI=1S/C14H15ClN2O2S/c1-8-9(2)19-14(16-8)20-10(3)13(18)17-12-6-4-11(15)5-7-12/h4-7,10H,1-3H3,(H,17,18). The van der Waals surface area contributed by atoms with Gasteiger partial charge in [0.15, 0.2) is 0 Å². The predicted molar refractivity (Wildman–Crippen MR) is 81.4 cm³/mol. The van der Waals surface area contributed by atoms with Gasteiger partial charge in [-0.15, -0.1) is 0 Å². The number of carbonyl (C=O) groups excluding carboxylic acids is 1. The van der Waals surface area contributed by atoms with Crippen molar-refractivity contribution in [3.63, 3.8) is 0 Å². The van der Waals surface area contributed by atoms with Crippen molar-refractivity contribution >= 4 is 35.0 Å². The van der Waals surface area contributed by atoms with Crippen LogP contribution in [0.4, 0.5) is 5.69 Å². The monoisotopic (exact) mass is 310 g/mol. The maximum atomic E-state index is 12.1. The summed E-state index contributed by atoms with van der Waals surface area (Å²) in [5, 5.41) is 3.67. The second kappa shape index (κ2) is 6.33. The predicted octanol–water partition coefficient (Wildman–Crippen LogP) is 4.06. The van der Waals surface area contributed by atoms with Crippen molar-refractivity contribution in [3.05, 3.63) is 40.7 Å². The molecule has 0 radical (unpaired) electrons. The lowest BCUT2D eigenvalue weighted by Gasteiger charge is -2.10. The second-order valence-corrected chi connectivity index (χ2v) is 6.11. The highest BCUT2D eigenvalue weighted by atomic mass is 35.5. The average molecular weight is 311 g/mol. The molecule has 1 aromatic heterocycles. The molecule has 0 aliphatic carbocycles. The Morgan fingerprint density at radius 3 is 2.55 bits per heavy atom. The zero-order valence-corrected chi connectivity index (χ0v) is 13.0. The Morgan fingerprint density at radius 1 is 1.35 bits per heavy atom. The van der Waals surface area contributed by atoms with Crippen LogP contribution in [0, 0.1) is 13.8 Å². The fourth-order valence-corrected chi connectivity index (χ4v) is 2.43. The molecule has 1 atom stereocenters. The number of aromatic nitrogens is 1. The highest BCUT2D eigenvalue weighted by Gasteiger charge is 2.18. The molecule has 0 fully saturated rings. The molecule has 1 aromatic carbocycles. The third kappa shape index (κ3) is 3.77. The number of halogens is 1. The number of amides is 1. The molecule has 0 saturated carbocycles. The summed E-state index contributed by atoms with van der Waals surface area (Å²) in [4.78, 5) is 16.3. The quantitative estimate of drug-likeness (QED) is 0.865. The zero-order chi connectivity index (χ0) is 14.7. The van der Waals surface area contributed by atoms with Crippen molar-refractivity contribution in [2.24, 2.45) is 0 Å². The third-order valence-electron chi connectivity index (χ3n) is 2.77. The molecule has 2 rings (SSSR count). The number of thioether (sulfide) groups is 1. The van der Waals surface area contributed by atoms with Crippen LogP contribution in [-0.2, 0) is 4.79 Å². The molecule has 1 N–H and O–H groups in total. The molecule has 1 unspecified atom stereocenters. The first-order valence-electron chi connectivity index (χ1n) is 6.13. The highest BCUT2D eigenvalue weighted by molar-refractivity contribution is 8.00. The van der Waals surface area contributed by atoms with Crippen molar-refractivity contribution in [1.29, 1.82) is 0 Å². The van der Waals surface area contributed by atoms with Crippen LogP contribution in [0.2, 0.25) is 5.02 Å². The van der Waals surface area contributed by atoms with E-state index in [9.17, 15) is 4.79 Å². The maximum absolute atomic E-state index is 12.1. The number of hydrogen-bond donors (Lipinski definition) is 1. The second-order valence-electron chi connectivity index (χ2n) is 4.38. The Labute approximate surface area is 126 Å². The molecular formula is C14H15ClN2O2S. The van der Waals surface area contributed by atoms with Crippen molar-refractivity contribution < 1.29 is 9.21 Å². The fraction of sp³-hybridized carbons (Fsp3) is 0.286. The van der Waals surface area contributed by atoms with Gasteiger partial charge in [0.2, 0.25) is 5.91 Å². The average Bonchev–Trinajstić information content (AvgIpc) is 2.71. The molecule has 2 aromatic rings. The van der Waals surface area contributed by atoms with E-state index in [-0.39, 0.29) is 11.2 Å². The van der Waals surface area contributed by atoms with Gasteiger partial charge in [0, 0.05) is 10.7 Å². The van der Waals surface area contributed by atoms with Gasteiger partial charge in [-0.2, -0.15) is 0 Å². The summed E-state index contributed by atoms with van der Waals surface area (Å²) in [6.07, 6.45) is 0. The number of benzene rings is 1. The van der Waals surface area contributed by atoms with E-state index in [4.69, 9.17) is 16.0 Å². The third-order valence-corrected chi connectivity index (χ3v) is 3.96. The summed E-state index contributed by atoms with van der Waals surface area (Å²) >= 11 is 7.09. The Kier molecular flexibility index (Phi) is 4.73. The number of oxazole rings is 1. The molecule has 20 heavy (non-hydrogen) atoms. The first-order chi connectivity index (χ1) is 9.45. The summed E-state index contributed by atoms with van der Waals surface area (Å²) in [5.74, 6) is 0.670. The van der Waals surface area contributed by atoms with Crippen LogP contribution in [0.15, 0.2) is 33.9 Å². The zero-order valence-electron chi connectivity index (χ0n) is 11.4. The Bertz CT molecular complexity index is 591. The number of hydrogen-bond acceptors (Lipinski definition) is 4. The lowest BCUT2D eigenvalue weighted by Crippen LogP contribution is -2.22. The molecule has 1 heterocycles. The van der Waals surface area contributed by atoms with E-state index in [1.165, 1.54) is 11.8 Å². The van der Waals surface area contributed by atoms with E-state index in [0.29, 0.717) is 15.9 Å². The Balaban J connectivity index is 1.96. The maximum Gasteiger partial charge on any atom is 0.256 e. The Hall–Kier alpha value is -1.46. The minimum atomic E-state index is -0.303. The Morgan fingerprint density at radius 2 is 2.00 bits per heavy atom. The van der Waals surface area contributed by atoms with Gasteiger partial charge in [0.05, 0.1) is 10.9 Å². The van der Waals surface area contributed by atoms with Crippen LogP contribution in [0.3, 0.4) is 0 Å². The van der Waals surface area contributed by atoms with Gasteiger partial charge < -0.3 is 9.73 Å². The normalized spacial score (nSPS) is 12.2. The minimum Gasteiger partial charge on any atom is -0.437 e. The first kappa shape index (κ1) is 14.9. The van der Waals surface area contributed by atoms with Crippen molar-refractivity contribution in [2.45, 2.75) is 31.2 Å². The van der Waals surface area contributed by atoms with Crippen LogP contribution >= 0.6 is 23.4 Å². The SMILES string of the molecule is Cc1nc(SC(C)C(=O)Nc2ccc(Cl)cc2)oc1C. The number of anilines is 1. The summed E-state index contributed by atoms with van der Waals surface area (Å²) in [6.45, 7) is 5.54. The van der Waals surface area contributed by atoms with Gasteiger partial charge >= 0.3 is 0 Å². The molecular weight excluding hydrogens is 296 g/mol.